The zero-order chi connectivity index (χ0) is 9.03. The number of hydrogen-bond acceptors (Lipinski definition) is 3. The van der Waals surface area contributed by atoms with Gasteiger partial charge in [0.2, 0.25) is 0 Å². The van der Waals surface area contributed by atoms with Crippen LogP contribution in [0.5, 0.6) is 0 Å². The quantitative estimate of drug-likeness (QED) is 0.705. The molecule has 0 amide bonds. The van der Waals surface area contributed by atoms with Crippen LogP contribution in [0.3, 0.4) is 0 Å². The fourth-order valence-corrected chi connectivity index (χ4v) is 1.95. The minimum absolute atomic E-state index is 0.408. The molecule has 1 heterocycles. The lowest BCUT2D eigenvalue weighted by atomic mass is 10.3. The van der Waals surface area contributed by atoms with Crippen LogP contribution in [-0.2, 0) is 0 Å². The fourth-order valence-electron chi connectivity index (χ4n) is 1.13. The number of hydrogen-bond donors (Lipinski definition) is 1. The van der Waals surface area contributed by atoms with Gasteiger partial charge in [-0.25, -0.2) is 0 Å². The lowest BCUT2D eigenvalue weighted by Gasteiger charge is -2.29. The first-order valence-corrected chi connectivity index (χ1v) is 5.63. The molecule has 1 aliphatic rings. The molecule has 0 aliphatic carbocycles. The van der Waals surface area contributed by atoms with Crippen molar-refractivity contribution in [3.05, 3.63) is 0 Å². The highest BCUT2D eigenvalue weighted by Gasteiger charge is 2.14. The molecular weight excluding hydrogens is 168 g/mol. The fraction of sp³-hybridized carbons (Fsp3) is 1.00. The summed E-state index contributed by atoms with van der Waals surface area (Å²) in [6.07, 6.45) is 0. The third kappa shape index (κ3) is 4.33. The van der Waals surface area contributed by atoms with Crippen LogP contribution in [-0.4, -0.2) is 41.7 Å². The number of nitrogens with zero attached hydrogens (tertiary/aromatic N) is 1. The van der Waals surface area contributed by atoms with Crippen LogP contribution in [0.15, 0.2) is 0 Å². The summed E-state index contributed by atoms with van der Waals surface area (Å²) < 4.78 is 0.408. The van der Waals surface area contributed by atoms with Gasteiger partial charge in [-0.1, -0.05) is 20.8 Å². The van der Waals surface area contributed by atoms with Crippen LogP contribution in [0.4, 0.5) is 0 Å². The van der Waals surface area contributed by atoms with E-state index in [4.69, 9.17) is 0 Å². The van der Waals surface area contributed by atoms with Crippen molar-refractivity contribution in [1.29, 1.82) is 0 Å². The summed E-state index contributed by atoms with van der Waals surface area (Å²) in [6.45, 7) is 11.6. The molecule has 0 atom stereocenters. The number of thioether (sulfide) groups is 1. The third-order valence-electron chi connectivity index (χ3n) is 1.89. The Balaban J connectivity index is 2.13. The number of piperazine rings is 1. The van der Waals surface area contributed by atoms with Crippen LogP contribution < -0.4 is 5.32 Å². The third-order valence-corrected chi connectivity index (χ3v) is 3.25. The molecule has 1 aliphatic heterocycles. The van der Waals surface area contributed by atoms with Gasteiger partial charge in [-0.05, 0) is 0 Å². The molecular formula is C9H20N2S. The Labute approximate surface area is 80.1 Å². The molecule has 0 saturated carbocycles. The summed E-state index contributed by atoms with van der Waals surface area (Å²) in [7, 11) is 0. The number of nitrogens with one attached hydrogen (secondary N) is 1. The summed E-state index contributed by atoms with van der Waals surface area (Å²) >= 11 is 2.04. The maximum absolute atomic E-state index is 3.36. The van der Waals surface area contributed by atoms with Crippen LogP contribution in [0, 0.1) is 0 Å². The van der Waals surface area contributed by atoms with Gasteiger partial charge in [0.25, 0.3) is 0 Å². The zero-order valence-corrected chi connectivity index (χ0v) is 9.21. The van der Waals surface area contributed by atoms with Gasteiger partial charge in [-0.3, -0.25) is 4.90 Å². The Kier molecular flexibility index (Phi) is 3.87. The predicted molar refractivity (Wildman–Crippen MR) is 56.7 cm³/mol. The molecule has 0 aromatic rings. The van der Waals surface area contributed by atoms with Crippen molar-refractivity contribution in [3.8, 4) is 0 Å². The van der Waals surface area contributed by atoms with E-state index in [0.717, 1.165) is 13.1 Å². The first kappa shape index (κ1) is 10.4. The van der Waals surface area contributed by atoms with Crippen molar-refractivity contribution in [3.63, 3.8) is 0 Å². The Hall–Kier alpha value is 0.270. The van der Waals surface area contributed by atoms with Gasteiger partial charge in [-0.15, -0.1) is 11.8 Å². The summed E-state index contributed by atoms with van der Waals surface area (Å²) in [4.78, 5) is 2.52. The highest BCUT2D eigenvalue weighted by atomic mass is 32.2. The topological polar surface area (TPSA) is 15.3 Å². The SMILES string of the molecule is CC(C)(C)SCN1CCNCC1. The molecule has 72 valence electrons. The van der Waals surface area contributed by atoms with E-state index in [9.17, 15) is 0 Å². The molecule has 0 radical (unpaired) electrons. The zero-order valence-electron chi connectivity index (χ0n) is 8.39. The van der Waals surface area contributed by atoms with E-state index in [1.165, 1.54) is 19.0 Å². The van der Waals surface area contributed by atoms with E-state index in [0.29, 0.717) is 4.75 Å². The second kappa shape index (κ2) is 4.49. The predicted octanol–water partition coefficient (Wildman–Crippen LogP) is 1.38. The number of rotatable bonds is 2. The van der Waals surface area contributed by atoms with Gasteiger partial charge in [0.1, 0.15) is 0 Å². The maximum atomic E-state index is 3.36. The molecule has 0 bridgehead atoms. The Morgan fingerprint density at radius 3 is 2.33 bits per heavy atom. The molecule has 1 N–H and O–H groups in total. The minimum Gasteiger partial charge on any atom is -0.314 e. The van der Waals surface area contributed by atoms with Gasteiger partial charge in [-0.2, -0.15) is 0 Å². The van der Waals surface area contributed by atoms with Gasteiger partial charge in [0.05, 0.1) is 0 Å². The van der Waals surface area contributed by atoms with E-state index in [-0.39, 0.29) is 0 Å². The average molecular weight is 188 g/mol. The maximum Gasteiger partial charge on any atom is 0.0450 e. The Bertz CT molecular complexity index is 125. The Morgan fingerprint density at radius 2 is 1.83 bits per heavy atom. The lowest BCUT2D eigenvalue weighted by Crippen LogP contribution is -2.43. The van der Waals surface area contributed by atoms with E-state index < -0.39 is 0 Å². The second-order valence-corrected chi connectivity index (χ2v) is 6.03. The van der Waals surface area contributed by atoms with Gasteiger partial charge in [0, 0.05) is 36.8 Å². The largest absolute Gasteiger partial charge is 0.314 e. The van der Waals surface area contributed by atoms with Gasteiger partial charge in [0.15, 0.2) is 0 Å². The normalized spacial score (nSPS) is 21.2. The lowest BCUT2D eigenvalue weighted by molar-refractivity contribution is 0.279. The molecule has 1 rings (SSSR count). The first-order chi connectivity index (χ1) is 5.58. The van der Waals surface area contributed by atoms with Crippen molar-refractivity contribution in [2.24, 2.45) is 0 Å². The molecule has 12 heavy (non-hydrogen) atoms. The molecule has 0 aromatic heterocycles. The van der Waals surface area contributed by atoms with Crippen molar-refractivity contribution >= 4 is 11.8 Å². The Morgan fingerprint density at radius 1 is 1.25 bits per heavy atom. The summed E-state index contributed by atoms with van der Waals surface area (Å²) in [6, 6.07) is 0. The summed E-state index contributed by atoms with van der Waals surface area (Å²) in [5.74, 6) is 1.19. The van der Waals surface area contributed by atoms with Crippen LogP contribution in [0.25, 0.3) is 0 Å². The second-order valence-electron chi connectivity index (χ2n) is 4.25. The highest BCUT2D eigenvalue weighted by Crippen LogP contribution is 2.23. The van der Waals surface area contributed by atoms with E-state index >= 15 is 0 Å². The molecule has 0 unspecified atom stereocenters. The molecule has 3 heteroatoms. The molecule has 1 fully saturated rings. The first-order valence-electron chi connectivity index (χ1n) is 4.65. The molecule has 0 aromatic carbocycles. The van der Waals surface area contributed by atoms with Gasteiger partial charge >= 0.3 is 0 Å². The standard InChI is InChI=1S/C9H20N2S/c1-9(2,3)12-8-11-6-4-10-5-7-11/h10H,4-8H2,1-3H3. The molecule has 2 nitrogen and oxygen atoms in total. The molecule has 0 spiro atoms. The highest BCUT2D eigenvalue weighted by molar-refractivity contribution is 8.00. The van der Waals surface area contributed by atoms with Crippen molar-refractivity contribution in [1.82, 2.24) is 10.2 Å². The average Bonchev–Trinajstić information content (AvgIpc) is 2.02. The smallest absolute Gasteiger partial charge is 0.0450 e. The van der Waals surface area contributed by atoms with E-state index in [2.05, 4.69) is 31.0 Å². The van der Waals surface area contributed by atoms with Crippen molar-refractivity contribution in [2.45, 2.75) is 25.5 Å². The van der Waals surface area contributed by atoms with E-state index in [1.54, 1.807) is 0 Å². The summed E-state index contributed by atoms with van der Waals surface area (Å²) in [5, 5.41) is 3.36. The molecule has 1 saturated heterocycles. The van der Waals surface area contributed by atoms with Gasteiger partial charge < -0.3 is 5.32 Å². The van der Waals surface area contributed by atoms with Crippen molar-refractivity contribution < 1.29 is 0 Å². The monoisotopic (exact) mass is 188 g/mol. The minimum atomic E-state index is 0.408. The van der Waals surface area contributed by atoms with E-state index in [1.807, 2.05) is 11.8 Å². The van der Waals surface area contributed by atoms with Crippen LogP contribution in [0.2, 0.25) is 0 Å². The van der Waals surface area contributed by atoms with Crippen LogP contribution in [0.1, 0.15) is 20.8 Å². The summed E-state index contributed by atoms with van der Waals surface area (Å²) in [5.41, 5.74) is 0. The van der Waals surface area contributed by atoms with Crippen molar-refractivity contribution in [2.75, 3.05) is 32.1 Å². The van der Waals surface area contributed by atoms with Crippen LogP contribution >= 0.6 is 11.8 Å².